The minimum atomic E-state index is -0.105. The summed E-state index contributed by atoms with van der Waals surface area (Å²) in [5.41, 5.74) is 1.57. The standard InChI is InChI=1S/C17H14ClN5O/c18-13-4-2-12(3-5-13)15-6-7-16(24)23(21-15)14-10-22(11-14)17-19-8-1-9-20-17/h1-9,14H,10-11H2. The third kappa shape index (κ3) is 2.76. The van der Waals surface area contributed by atoms with Gasteiger partial charge >= 0.3 is 0 Å². The van der Waals surface area contributed by atoms with Gasteiger partial charge in [-0.3, -0.25) is 4.79 Å². The van der Waals surface area contributed by atoms with E-state index in [0.717, 1.165) is 11.3 Å². The zero-order chi connectivity index (χ0) is 16.5. The summed E-state index contributed by atoms with van der Waals surface area (Å²) in [5.74, 6) is 0.677. The Morgan fingerprint density at radius 3 is 2.42 bits per heavy atom. The Balaban J connectivity index is 1.57. The van der Waals surface area contributed by atoms with Crippen LogP contribution < -0.4 is 10.5 Å². The Kier molecular flexibility index (Phi) is 3.74. The molecule has 3 aromatic rings. The average molecular weight is 340 g/mol. The summed E-state index contributed by atoms with van der Waals surface area (Å²) < 4.78 is 1.55. The van der Waals surface area contributed by atoms with Crippen molar-refractivity contribution in [1.82, 2.24) is 19.7 Å². The fourth-order valence-corrected chi connectivity index (χ4v) is 2.82. The molecule has 0 saturated carbocycles. The first kappa shape index (κ1) is 14.8. The second kappa shape index (κ2) is 6.05. The van der Waals surface area contributed by atoms with Gasteiger partial charge < -0.3 is 4.90 Å². The number of anilines is 1. The molecule has 120 valence electrons. The second-order valence-corrected chi connectivity index (χ2v) is 6.05. The maximum absolute atomic E-state index is 12.2. The minimum Gasteiger partial charge on any atom is -0.336 e. The number of rotatable bonds is 3. The Morgan fingerprint density at radius 1 is 1.00 bits per heavy atom. The van der Waals surface area contributed by atoms with Gasteiger partial charge in [0.25, 0.3) is 5.56 Å². The Hall–Kier alpha value is -2.73. The van der Waals surface area contributed by atoms with Gasteiger partial charge in [0.1, 0.15) is 0 Å². The molecule has 0 amide bonds. The SMILES string of the molecule is O=c1ccc(-c2ccc(Cl)cc2)nn1C1CN(c2ncccn2)C1. The van der Waals surface area contributed by atoms with E-state index in [0.29, 0.717) is 24.1 Å². The smallest absolute Gasteiger partial charge is 0.267 e. The molecule has 6 nitrogen and oxygen atoms in total. The van der Waals surface area contributed by atoms with Gasteiger partial charge in [-0.2, -0.15) is 5.10 Å². The molecule has 0 atom stereocenters. The lowest BCUT2D eigenvalue weighted by Gasteiger charge is -2.39. The second-order valence-electron chi connectivity index (χ2n) is 5.62. The van der Waals surface area contributed by atoms with Crippen LogP contribution in [0.3, 0.4) is 0 Å². The van der Waals surface area contributed by atoms with Gasteiger partial charge in [0, 0.05) is 42.1 Å². The molecule has 0 bridgehead atoms. The van der Waals surface area contributed by atoms with Crippen molar-refractivity contribution >= 4 is 17.5 Å². The number of halogens is 1. The van der Waals surface area contributed by atoms with Crippen LogP contribution in [0, 0.1) is 0 Å². The molecule has 3 heterocycles. The monoisotopic (exact) mass is 339 g/mol. The van der Waals surface area contributed by atoms with E-state index in [1.54, 1.807) is 35.3 Å². The van der Waals surface area contributed by atoms with Gasteiger partial charge in [-0.25, -0.2) is 14.6 Å². The molecule has 7 heteroatoms. The fourth-order valence-electron chi connectivity index (χ4n) is 2.69. The molecule has 1 aromatic carbocycles. The maximum Gasteiger partial charge on any atom is 0.267 e. The number of hydrogen-bond acceptors (Lipinski definition) is 5. The van der Waals surface area contributed by atoms with Gasteiger partial charge in [0.05, 0.1) is 11.7 Å². The van der Waals surface area contributed by atoms with Crippen LogP contribution >= 0.6 is 11.6 Å². The van der Waals surface area contributed by atoms with E-state index in [-0.39, 0.29) is 11.6 Å². The highest BCUT2D eigenvalue weighted by atomic mass is 35.5. The highest BCUT2D eigenvalue weighted by Crippen LogP contribution is 2.24. The van der Waals surface area contributed by atoms with E-state index in [2.05, 4.69) is 15.1 Å². The largest absolute Gasteiger partial charge is 0.336 e. The molecule has 1 aliphatic heterocycles. The van der Waals surface area contributed by atoms with Crippen molar-refractivity contribution in [1.29, 1.82) is 0 Å². The van der Waals surface area contributed by atoms with Gasteiger partial charge in [0.15, 0.2) is 0 Å². The molecule has 24 heavy (non-hydrogen) atoms. The predicted octanol–water partition coefficient (Wildman–Crippen LogP) is 2.42. The lowest BCUT2D eigenvalue weighted by atomic mass is 10.1. The van der Waals surface area contributed by atoms with Crippen LogP contribution in [0.25, 0.3) is 11.3 Å². The van der Waals surface area contributed by atoms with Crippen molar-refractivity contribution in [2.24, 2.45) is 0 Å². The van der Waals surface area contributed by atoms with E-state index in [9.17, 15) is 4.79 Å². The van der Waals surface area contributed by atoms with E-state index < -0.39 is 0 Å². The summed E-state index contributed by atoms with van der Waals surface area (Å²) in [6, 6.07) is 12.5. The number of aromatic nitrogens is 4. The Labute approximate surface area is 143 Å². The predicted molar refractivity (Wildman–Crippen MR) is 92.2 cm³/mol. The maximum atomic E-state index is 12.2. The molecule has 0 spiro atoms. The van der Waals surface area contributed by atoms with E-state index in [1.165, 1.54) is 0 Å². The molecule has 1 aliphatic rings. The van der Waals surface area contributed by atoms with E-state index >= 15 is 0 Å². The zero-order valence-corrected chi connectivity index (χ0v) is 13.5. The van der Waals surface area contributed by atoms with Crippen LogP contribution in [0.5, 0.6) is 0 Å². The van der Waals surface area contributed by atoms with Crippen LogP contribution in [-0.4, -0.2) is 32.8 Å². The quantitative estimate of drug-likeness (QED) is 0.733. The first-order valence-corrected chi connectivity index (χ1v) is 7.96. The average Bonchev–Trinajstić information content (AvgIpc) is 2.57. The first-order chi connectivity index (χ1) is 11.7. The molecule has 4 rings (SSSR count). The lowest BCUT2D eigenvalue weighted by molar-refractivity contribution is 0.350. The van der Waals surface area contributed by atoms with Crippen LogP contribution in [0.2, 0.25) is 5.02 Å². The molecule has 0 N–H and O–H groups in total. The highest BCUT2D eigenvalue weighted by molar-refractivity contribution is 6.30. The third-order valence-corrected chi connectivity index (χ3v) is 4.26. The fraction of sp³-hybridized carbons (Fsp3) is 0.176. The van der Waals surface area contributed by atoms with Crippen molar-refractivity contribution in [3.8, 4) is 11.3 Å². The molecular weight excluding hydrogens is 326 g/mol. The molecule has 2 aromatic heterocycles. The van der Waals surface area contributed by atoms with Gasteiger partial charge in [0.2, 0.25) is 5.95 Å². The van der Waals surface area contributed by atoms with Gasteiger partial charge in [-0.05, 0) is 24.3 Å². The number of benzene rings is 1. The minimum absolute atomic E-state index is 0.0218. The van der Waals surface area contributed by atoms with Crippen molar-refractivity contribution < 1.29 is 0 Å². The number of hydrogen-bond donors (Lipinski definition) is 0. The summed E-state index contributed by atoms with van der Waals surface area (Å²) in [6.07, 6.45) is 3.42. The molecule has 1 fully saturated rings. The normalized spacial score (nSPS) is 14.5. The molecule has 1 saturated heterocycles. The van der Waals surface area contributed by atoms with Crippen molar-refractivity contribution in [2.75, 3.05) is 18.0 Å². The summed E-state index contributed by atoms with van der Waals surface area (Å²) in [6.45, 7) is 1.34. The Morgan fingerprint density at radius 2 is 1.71 bits per heavy atom. The third-order valence-electron chi connectivity index (χ3n) is 4.01. The highest BCUT2D eigenvalue weighted by Gasteiger charge is 2.31. The topological polar surface area (TPSA) is 63.9 Å². The van der Waals surface area contributed by atoms with Crippen LogP contribution in [0.4, 0.5) is 5.95 Å². The molecule has 0 unspecified atom stereocenters. The molecule has 0 aliphatic carbocycles. The first-order valence-electron chi connectivity index (χ1n) is 7.58. The van der Waals surface area contributed by atoms with E-state index in [4.69, 9.17) is 11.6 Å². The van der Waals surface area contributed by atoms with E-state index in [1.807, 2.05) is 29.2 Å². The van der Waals surface area contributed by atoms with Gasteiger partial charge in [-0.15, -0.1) is 0 Å². The zero-order valence-electron chi connectivity index (χ0n) is 12.7. The number of nitrogens with zero attached hydrogens (tertiary/aromatic N) is 5. The van der Waals surface area contributed by atoms with Crippen LogP contribution in [-0.2, 0) is 0 Å². The van der Waals surface area contributed by atoms with Crippen molar-refractivity contribution in [2.45, 2.75) is 6.04 Å². The van der Waals surface area contributed by atoms with Crippen molar-refractivity contribution in [3.63, 3.8) is 0 Å². The Bertz CT molecular complexity index is 904. The summed E-state index contributed by atoms with van der Waals surface area (Å²) in [5, 5.41) is 5.19. The summed E-state index contributed by atoms with van der Waals surface area (Å²) >= 11 is 5.92. The molecule has 0 radical (unpaired) electrons. The van der Waals surface area contributed by atoms with Gasteiger partial charge in [-0.1, -0.05) is 23.7 Å². The van der Waals surface area contributed by atoms with Crippen LogP contribution in [0.15, 0.2) is 59.7 Å². The lowest BCUT2D eigenvalue weighted by Crippen LogP contribution is -2.51. The summed E-state index contributed by atoms with van der Waals surface area (Å²) in [4.78, 5) is 22.6. The molecular formula is C17H14ClN5O. The summed E-state index contributed by atoms with van der Waals surface area (Å²) in [7, 11) is 0. The van der Waals surface area contributed by atoms with Crippen LogP contribution in [0.1, 0.15) is 6.04 Å². The van der Waals surface area contributed by atoms with Crippen molar-refractivity contribution in [3.05, 3.63) is 70.2 Å².